The highest BCUT2D eigenvalue weighted by Gasteiger charge is 2.32. The van der Waals surface area contributed by atoms with Crippen molar-refractivity contribution in [1.82, 2.24) is 5.32 Å². The minimum absolute atomic E-state index is 0.117. The lowest BCUT2D eigenvalue weighted by atomic mass is 10.2. The summed E-state index contributed by atoms with van der Waals surface area (Å²) in [6.45, 7) is 0. The number of hydrogen-bond donors (Lipinski definition) is 3. The first-order chi connectivity index (χ1) is 9.54. The van der Waals surface area contributed by atoms with E-state index in [2.05, 4.69) is 15.5 Å². The van der Waals surface area contributed by atoms with Gasteiger partial charge in [-0.25, -0.2) is 0 Å². The molecule has 0 aliphatic carbocycles. The molecule has 1 heterocycles. The Hall–Kier alpha value is -2.35. The molecular formula is C12H11N3O4S. The number of carboxylic acids is 1. The number of carboxylic acid groups (broad SMARTS) is 1. The van der Waals surface area contributed by atoms with Gasteiger partial charge in [0.2, 0.25) is 5.91 Å². The lowest BCUT2D eigenvalue weighted by Crippen LogP contribution is -2.26. The van der Waals surface area contributed by atoms with E-state index in [0.717, 1.165) is 11.8 Å². The number of nitrogens with zero attached hydrogens (tertiary/aromatic N) is 2. The van der Waals surface area contributed by atoms with E-state index in [1.165, 1.54) is 18.3 Å². The smallest absolute Gasteiger partial charge is 0.305 e. The number of carbonyl (C=O) groups is 2. The summed E-state index contributed by atoms with van der Waals surface area (Å²) in [6.07, 6.45) is 1.16. The van der Waals surface area contributed by atoms with Crippen molar-refractivity contribution in [2.24, 2.45) is 10.2 Å². The Bertz CT molecular complexity index is 600. The minimum atomic E-state index is -1.04. The van der Waals surface area contributed by atoms with Crippen molar-refractivity contribution in [3.63, 3.8) is 0 Å². The predicted octanol–water partition coefficient (Wildman–Crippen LogP) is 0.788. The molecule has 0 aromatic heterocycles. The Labute approximate surface area is 118 Å². The number of phenolic OH excluding ortho intramolecular Hbond substituents is 1. The molecule has 2 rings (SSSR count). The predicted molar refractivity (Wildman–Crippen MR) is 74.9 cm³/mol. The van der Waals surface area contributed by atoms with Crippen LogP contribution in [0.2, 0.25) is 0 Å². The van der Waals surface area contributed by atoms with Gasteiger partial charge in [0, 0.05) is 0 Å². The molecular weight excluding hydrogens is 282 g/mol. The van der Waals surface area contributed by atoms with Crippen LogP contribution < -0.4 is 5.32 Å². The molecule has 3 N–H and O–H groups in total. The second-order valence-corrected chi connectivity index (χ2v) is 5.13. The maximum absolute atomic E-state index is 11.4. The quantitative estimate of drug-likeness (QED) is 0.561. The number of hydrogen-bond acceptors (Lipinski definition) is 6. The van der Waals surface area contributed by atoms with E-state index in [4.69, 9.17) is 5.11 Å². The second-order valence-electron chi connectivity index (χ2n) is 3.94. The van der Waals surface area contributed by atoms with Crippen LogP contribution in [0, 0.1) is 0 Å². The highest BCUT2D eigenvalue weighted by molar-refractivity contribution is 8.15. The molecule has 1 aromatic carbocycles. The van der Waals surface area contributed by atoms with Gasteiger partial charge in [0.15, 0.2) is 5.17 Å². The van der Waals surface area contributed by atoms with Gasteiger partial charge in [0.05, 0.1) is 12.6 Å². The number of thioether (sulfide) groups is 1. The Kier molecular flexibility index (Phi) is 4.36. The molecule has 104 valence electrons. The molecule has 1 aromatic rings. The van der Waals surface area contributed by atoms with Gasteiger partial charge < -0.3 is 15.5 Å². The molecule has 0 bridgehead atoms. The summed E-state index contributed by atoms with van der Waals surface area (Å²) in [4.78, 5) is 22.0. The molecule has 8 heteroatoms. The third kappa shape index (κ3) is 3.82. The maximum atomic E-state index is 11.4. The number of carbonyl (C=O) groups excluding carboxylic acids is 1. The van der Waals surface area contributed by atoms with E-state index in [-0.39, 0.29) is 23.2 Å². The first kappa shape index (κ1) is 14.1. The number of nitrogens with one attached hydrogen (secondary N) is 1. The van der Waals surface area contributed by atoms with Gasteiger partial charge in [-0.3, -0.25) is 9.59 Å². The van der Waals surface area contributed by atoms with E-state index in [0.29, 0.717) is 5.56 Å². The summed E-state index contributed by atoms with van der Waals surface area (Å²) < 4.78 is 0. The standard InChI is InChI=1S/C12H11N3O4S/c16-8-3-1-2-7(4-8)6-13-15-12-14-11(19)9(20-12)5-10(17)18/h1-4,6,9,16H,5H2,(H,17,18)(H,14,15,19)/b13-6-/t9-/m0/s1. The van der Waals surface area contributed by atoms with Crippen molar-refractivity contribution in [3.05, 3.63) is 29.8 Å². The van der Waals surface area contributed by atoms with E-state index in [9.17, 15) is 14.7 Å². The summed E-state index contributed by atoms with van der Waals surface area (Å²) in [5.74, 6) is -1.31. The van der Waals surface area contributed by atoms with Crippen LogP contribution in [0.3, 0.4) is 0 Å². The molecule has 1 atom stereocenters. The fourth-order valence-electron chi connectivity index (χ4n) is 1.50. The third-order valence-corrected chi connectivity index (χ3v) is 3.43. The highest BCUT2D eigenvalue weighted by atomic mass is 32.2. The Balaban J connectivity index is 1.99. The summed E-state index contributed by atoms with van der Waals surface area (Å²) in [7, 11) is 0. The Morgan fingerprint density at radius 3 is 3.00 bits per heavy atom. The van der Waals surface area contributed by atoms with Crippen LogP contribution in [0.1, 0.15) is 12.0 Å². The molecule has 0 spiro atoms. The molecule has 7 nitrogen and oxygen atoms in total. The summed E-state index contributed by atoms with van der Waals surface area (Å²) in [5, 5.41) is 27.5. The fraction of sp³-hybridized carbons (Fsp3) is 0.167. The average molecular weight is 293 g/mol. The Morgan fingerprint density at radius 2 is 2.30 bits per heavy atom. The van der Waals surface area contributed by atoms with Crippen LogP contribution in [0.25, 0.3) is 0 Å². The monoisotopic (exact) mass is 293 g/mol. The number of aromatic hydroxyl groups is 1. The fourth-order valence-corrected chi connectivity index (χ4v) is 2.41. The molecule has 0 saturated carbocycles. The lowest BCUT2D eigenvalue weighted by Gasteiger charge is -1.97. The first-order valence-corrected chi connectivity index (χ1v) is 6.52. The van der Waals surface area contributed by atoms with Crippen LogP contribution in [-0.4, -0.2) is 38.7 Å². The third-order valence-electron chi connectivity index (χ3n) is 2.36. The second kappa shape index (κ2) is 6.20. The van der Waals surface area contributed by atoms with Crippen molar-refractivity contribution in [2.75, 3.05) is 0 Å². The molecule has 1 aliphatic rings. The number of aliphatic carboxylic acids is 1. The zero-order valence-electron chi connectivity index (χ0n) is 10.2. The van der Waals surface area contributed by atoms with Gasteiger partial charge in [-0.05, 0) is 17.7 Å². The zero-order chi connectivity index (χ0) is 14.5. The van der Waals surface area contributed by atoms with Gasteiger partial charge in [-0.2, -0.15) is 5.10 Å². The van der Waals surface area contributed by atoms with E-state index in [1.807, 2.05) is 0 Å². The van der Waals surface area contributed by atoms with Crippen molar-refractivity contribution in [3.8, 4) is 5.75 Å². The SMILES string of the molecule is O=C(O)C[C@@H]1S/C(=N\N=C/c2cccc(O)c2)NC1=O. The van der Waals surface area contributed by atoms with Gasteiger partial charge in [-0.15, -0.1) is 5.10 Å². The van der Waals surface area contributed by atoms with Crippen molar-refractivity contribution < 1.29 is 19.8 Å². The highest BCUT2D eigenvalue weighted by Crippen LogP contribution is 2.22. The van der Waals surface area contributed by atoms with Crippen molar-refractivity contribution in [2.45, 2.75) is 11.7 Å². The van der Waals surface area contributed by atoms with Gasteiger partial charge in [0.25, 0.3) is 0 Å². The number of amides is 1. The van der Waals surface area contributed by atoms with Crippen molar-refractivity contribution >= 4 is 35.0 Å². The van der Waals surface area contributed by atoms with Crippen LogP contribution in [-0.2, 0) is 9.59 Å². The topological polar surface area (TPSA) is 111 Å². The molecule has 1 fully saturated rings. The molecule has 20 heavy (non-hydrogen) atoms. The van der Waals surface area contributed by atoms with Gasteiger partial charge in [0.1, 0.15) is 11.0 Å². The molecule has 0 unspecified atom stereocenters. The van der Waals surface area contributed by atoms with Gasteiger partial charge >= 0.3 is 5.97 Å². The number of amidine groups is 1. The van der Waals surface area contributed by atoms with E-state index < -0.39 is 11.2 Å². The summed E-state index contributed by atoms with van der Waals surface area (Å²) in [5.41, 5.74) is 0.658. The summed E-state index contributed by atoms with van der Waals surface area (Å²) >= 11 is 1.03. The van der Waals surface area contributed by atoms with Crippen LogP contribution in [0.5, 0.6) is 5.75 Å². The largest absolute Gasteiger partial charge is 0.508 e. The lowest BCUT2D eigenvalue weighted by molar-refractivity contribution is -0.138. The number of benzene rings is 1. The maximum Gasteiger partial charge on any atom is 0.305 e. The van der Waals surface area contributed by atoms with Crippen LogP contribution >= 0.6 is 11.8 Å². The van der Waals surface area contributed by atoms with Crippen molar-refractivity contribution in [1.29, 1.82) is 0 Å². The van der Waals surface area contributed by atoms with Crippen LogP contribution in [0.15, 0.2) is 34.5 Å². The Morgan fingerprint density at radius 1 is 1.50 bits per heavy atom. The molecule has 1 amide bonds. The molecule has 0 radical (unpaired) electrons. The van der Waals surface area contributed by atoms with E-state index in [1.54, 1.807) is 12.1 Å². The van der Waals surface area contributed by atoms with Crippen LogP contribution in [0.4, 0.5) is 0 Å². The summed E-state index contributed by atoms with van der Waals surface area (Å²) in [6, 6.07) is 6.44. The number of phenols is 1. The number of rotatable bonds is 4. The van der Waals surface area contributed by atoms with Gasteiger partial charge in [-0.1, -0.05) is 23.9 Å². The van der Waals surface area contributed by atoms with E-state index >= 15 is 0 Å². The first-order valence-electron chi connectivity index (χ1n) is 5.64. The average Bonchev–Trinajstić information content (AvgIpc) is 2.69. The zero-order valence-corrected chi connectivity index (χ0v) is 11.0. The molecule has 1 aliphatic heterocycles. The minimum Gasteiger partial charge on any atom is -0.508 e. The normalized spacial score (nSPS) is 20.5. The molecule has 1 saturated heterocycles.